The van der Waals surface area contributed by atoms with E-state index in [1.54, 1.807) is 12.1 Å². The number of carbonyl (C=O) groups is 1. The second kappa shape index (κ2) is 4.34. The van der Waals surface area contributed by atoms with E-state index in [2.05, 4.69) is 21.2 Å². The van der Waals surface area contributed by atoms with Gasteiger partial charge in [0, 0.05) is 5.88 Å². The molecule has 2 rings (SSSR count). The molecular weight excluding hydrogens is 296 g/mol. The fourth-order valence-electron chi connectivity index (χ4n) is 1.43. The van der Waals surface area contributed by atoms with Crippen molar-refractivity contribution in [3.63, 3.8) is 0 Å². The average Bonchev–Trinajstić information content (AvgIpc) is 3.02. The Morgan fingerprint density at radius 2 is 2.25 bits per heavy atom. The molecule has 0 bridgehead atoms. The van der Waals surface area contributed by atoms with Gasteiger partial charge in [-0.3, -0.25) is 4.79 Å². The Kier molecular flexibility index (Phi) is 3.22. The van der Waals surface area contributed by atoms with E-state index in [-0.39, 0.29) is 15.6 Å². The molecule has 0 heterocycles. The number of rotatable bonds is 3. The molecule has 1 aliphatic carbocycles. The molecule has 1 aromatic rings. The lowest BCUT2D eigenvalue weighted by molar-refractivity contribution is 0.0932. The zero-order chi connectivity index (χ0) is 11.8. The fourth-order valence-corrected chi connectivity index (χ4v) is 2.13. The summed E-state index contributed by atoms with van der Waals surface area (Å²) in [6.45, 7) is 0. The summed E-state index contributed by atoms with van der Waals surface area (Å²) in [5.41, 5.74) is -0.265. The van der Waals surface area contributed by atoms with Crippen LogP contribution in [0.4, 0.5) is 4.39 Å². The van der Waals surface area contributed by atoms with Gasteiger partial charge in [-0.1, -0.05) is 6.07 Å². The SMILES string of the molecule is O=C(NC1(CCl)CC1)c1cccc(Br)c1F. The van der Waals surface area contributed by atoms with Gasteiger partial charge in [0.2, 0.25) is 0 Å². The van der Waals surface area contributed by atoms with Crippen molar-refractivity contribution in [1.82, 2.24) is 5.32 Å². The Balaban J connectivity index is 2.18. The largest absolute Gasteiger partial charge is 0.345 e. The highest BCUT2D eigenvalue weighted by Crippen LogP contribution is 2.36. The van der Waals surface area contributed by atoms with Crippen LogP contribution in [-0.2, 0) is 0 Å². The number of halogens is 3. The average molecular weight is 307 g/mol. The molecule has 0 spiro atoms. The summed E-state index contributed by atoms with van der Waals surface area (Å²) in [6, 6.07) is 4.64. The maximum atomic E-state index is 13.6. The number of hydrogen-bond donors (Lipinski definition) is 1. The highest BCUT2D eigenvalue weighted by Gasteiger charge is 2.43. The number of hydrogen-bond acceptors (Lipinski definition) is 1. The first-order valence-corrected chi connectivity index (χ1v) is 6.23. The van der Waals surface area contributed by atoms with Crippen LogP contribution >= 0.6 is 27.5 Å². The molecule has 1 aliphatic rings. The summed E-state index contributed by atoms with van der Waals surface area (Å²) < 4.78 is 13.9. The first-order valence-electron chi connectivity index (χ1n) is 4.90. The summed E-state index contributed by atoms with van der Waals surface area (Å²) in [6.07, 6.45) is 1.72. The van der Waals surface area contributed by atoms with Crippen LogP contribution in [0, 0.1) is 5.82 Å². The van der Waals surface area contributed by atoms with Gasteiger partial charge in [0.25, 0.3) is 5.91 Å². The van der Waals surface area contributed by atoms with Crippen molar-refractivity contribution in [2.24, 2.45) is 0 Å². The van der Waals surface area contributed by atoms with Crippen molar-refractivity contribution in [1.29, 1.82) is 0 Å². The molecule has 0 saturated heterocycles. The first-order chi connectivity index (χ1) is 7.58. The molecule has 0 aliphatic heterocycles. The Hall–Kier alpha value is -0.610. The van der Waals surface area contributed by atoms with Crippen LogP contribution < -0.4 is 5.32 Å². The van der Waals surface area contributed by atoms with Crippen molar-refractivity contribution in [2.45, 2.75) is 18.4 Å². The molecule has 5 heteroatoms. The van der Waals surface area contributed by atoms with E-state index in [1.165, 1.54) is 6.07 Å². The topological polar surface area (TPSA) is 29.1 Å². The number of amides is 1. The normalized spacial score (nSPS) is 16.9. The highest BCUT2D eigenvalue weighted by atomic mass is 79.9. The predicted molar refractivity (Wildman–Crippen MR) is 64.3 cm³/mol. The summed E-state index contributed by atoms with van der Waals surface area (Å²) in [5, 5.41) is 2.77. The van der Waals surface area contributed by atoms with E-state index >= 15 is 0 Å². The lowest BCUT2D eigenvalue weighted by Crippen LogP contribution is -2.38. The van der Waals surface area contributed by atoms with Crippen LogP contribution in [0.15, 0.2) is 22.7 Å². The van der Waals surface area contributed by atoms with E-state index in [4.69, 9.17) is 11.6 Å². The molecule has 2 nitrogen and oxygen atoms in total. The van der Waals surface area contributed by atoms with Crippen LogP contribution in [0.3, 0.4) is 0 Å². The van der Waals surface area contributed by atoms with E-state index < -0.39 is 11.7 Å². The second-order valence-corrected chi connectivity index (χ2v) is 5.09. The molecule has 0 unspecified atom stereocenters. The van der Waals surface area contributed by atoms with Crippen LogP contribution in [0.1, 0.15) is 23.2 Å². The van der Waals surface area contributed by atoms with Crippen molar-refractivity contribution in [3.05, 3.63) is 34.1 Å². The predicted octanol–water partition coefficient (Wildman–Crippen LogP) is 3.09. The number of carbonyl (C=O) groups excluding carboxylic acids is 1. The van der Waals surface area contributed by atoms with Crippen LogP contribution in [0.5, 0.6) is 0 Å². The minimum Gasteiger partial charge on any atom is -0.345 e. The summed E-state index contributed by atoms with van der Waals surface area (Å²) in [4.78, 5) is 11.8. The third-order valence-corrected chi connectivity index (χ3v) is 3.81. The van der Waals surface area contributed by atoms with Crippen LogP contribution in [-0.4, -0.2) is 17.3 Å². The van der Waals surface area contributed by atoms with Crippen molar-refractivity contribution < 1.29 is 9.18 Å². The van der Waals surface area contributed by atoms with E-state index in [9.17, 15) is 9.18 Å². The lowest BCUT2D eigenvalue weighted by atomic mass is 10.2. The third-order valence-electron chi connectivity index (χ3n) is 2.68. The summed E-state index contributed by atoms with van der Waals surface area (Å²) in [5.74, 6) is -0.573. The Morgan fingerprint density at radius 3 is 2.81 bits per heavy atom. The van der Waals surface area contributed by atoms with Crippen LogP contribution in [0.2, 0.25) is 0 Å². The Labute approximate surface area is 106 Å². The fraction of sp³-hybridized carbons (Fsp3) is 0.364. The van der Waals surface area contributed by atoms with Gasteiger partial charge in [0.05, 0.1) is 15.6 Å². The lowest BCUT2D eigenvalue weighted by Gasteiger charge is -2.14. The Morgan fingerprint density at radius 1 is 1.56 bits per heavy atom. The molecular formula is C11H10BrClFNO. The van der Waals surface area contributed by atoms with Gasteiger partial charge in [-0.2, -0.15) is 0 Å². The zero-order valence-electron chi connectivity index (χ0n) is 8.40. The van der Waals surface area contributed by atoms with E-state index in [1.807, 2.05) is 0 Å². The molecule has 86 valence electrons. The molecule has 0 radical (unpaired) electrons. The second-order valence-electron chi connectivity index (χ2n) is 3.97. The van der Waals surface area contributed by atoms with Crippen molar-refractivity contribution >= 4 is 33.4 Å². The van der Waals surface area contributed by atoms with Gasteiger partial charge in [-0.05, 0) is 40.9 Å². The molecule has 1 fully saturated rings. The highest BCUT2D eigenvalue weighted by molar-refractivity contribution is 9.10. The monoisotopic (exact) mass is 305 g/mol. The number of nitrogens with one attached hydrogen (secondary N) is 1. The number of alkyl halides is 1. The van der Waals surface area contributed by atoms with Gasteiger partial charge in [-0.15, -0.1) is 11.6 Å². The minimum absolute atomic E-state index is 0.0470. The maximum Gasteiger partial charge on any atom is 0.254 e. The maximum absolute atomic E-state index is 13.6. The van der Waals surface area contributed by atoms with Gasteiger partial charge < -0.3 is 5.32 Å². The van der Waals surface area contributed by atoms with Gasteiger partial charge in [0.1, 0.15) is 5.82 Å². The standard InChI is InChI=1S/C11H10BrClFNO/c12-8-3-1-2-7(9(8)14)10(16)15-11(6-13)4-5-11/h1-3H,4-6H2,(H,15,16). The first kappa shape index (κ1) is 11.9. The molecule has 1 N–H and O–H groups in total. The zero-order valence-corrected chi connectivity index (χ0v) is 10.7. The molecule has 1 aromatic carbocycles. The molecule has 0 atom stereocenters. The van der Waals surface area contributed by atoms with E-state index in [0.717, 1.165) is 12.8 Å². The van der Waals surface area contributed by atoms with Gasteiger partial charge >= 0.3 is 0 Å². The summed E-state index contributed by atoms with van der Waals surface area (Å²) >= 11 is 8.79. The minimum atomic E-state index is -0.537. The van der Waals surface area contributed by atoms with Gasteiger partial charge in [-0.25, -0.2) is 4.39 Å². The molecule has 0 aromatic heterocycles. The van der Waals surface area contributed by atoms with E-state index in [0.29, 0.717) is 5.88 Å². The smallest absolute Gasteiger partial charge is 0.254 e. The van der Waals surface area contributed by atoms with Crippen molar-refractivity contribution in [2.75, 3.05) is 5.88 Å². The quantitative estimate of drug-likeness (QED) is 0.854. The Bertz CT molecular complexity index is 434. The number of benzene rings is 1. The molecule has 16 heavy (non-hydrogen) atoms. The summed E-state index contributed by atoms with van der Waals surface area (Å²) in [7, 11) is 0. The third kappa shape index (κ3) is 2.23. The van der Waals surface area contributed by atoms with Gasteiger partial charge in [0.15, 0.2) is 0 Å². The van der Waals surface area contributed by atoms with Crippen LogP contribution in [0.25, 0.3) is 0 Å². The molecule has 1 amide bonds. The van der Waals surface area contributed by atoms with Crippen molar-refractivity contribution in [3.8, 4) is 0 Å². The molecule has 1 saturated carbocycles.